The highest BCUT2D eigenvalue weighted by Crippen LogP contribution is 2.18. The molecule has 106 valence electrons. The Hall–Kier alpha value is -1.07. The predicted molar refractivity (Wildman–Crippen MR) is 78.3 cm³/mol. The van der Waals surface area contributed by atoms with Crippen LogP contribution in [-0.4, -0.2) is 45.2 Å². The van der Waals surface area contributed by atoms with Crippen molar-refractivity contribution in [2.45, 2.75) is 30.7 Å². The van der Waals surface area contributed by atoms with Gasteiger partial charge in [0.05, 0.1) is 4.90 Å². The van der Waals surface area contributed by atoms with Gasteiger partial charge in [-0.2, -0.15) is 0 Å². The first-order valence-electron chi connectivity index (χ1n) is 6.78. The van der Waals surface area contributed by atoms with Gasteiger partial charge in [0.2, 0.25) is 0 Å². The van der Waals surface area contributed by atoms with Crippen LogP contribution in [0.1, 0.15) is 19.8 Å². The van der Waals surface area contributed by atoms with E-state index in [1.165, 1.54) is 6.26 Å². The molecule has 1 aliphatic rings. The molecule has 0 aromatic heterocycles. The average molecular weight is 282 g/mol. The summed E-state index contributed by atoms with van der Waals surface area (Å²) in [5.41, 5.74) is 1.00. The van der Waals surface area contributed by atoms with Gasteiger partial charge in [-0.25, -0.2) is 8.42 Å². The van der Waals surface area contributed by atoms with Crippen LogP contribution < -0.4 is 5.32 Å². The first-order valence-corrected chi connectivity index (χ1v) is 8.67. The summed E-state index contributed by atoms with van der Waals surface area (Å²) >= 11 is 0. The minimum Gasteiger partial charge on any atom is -0.382 e. The van der Waals surface area contributed by atoms with Crippen LogP contribution in [-0.2, 0) is 9.84 Å². The Balaban J connectivity index is 1.94. The smallest absolute Gasteiger partial charge is 0.175 e. The Labute approximate surface area is 115 Å². The third-order valence-corrected chi connectivity index (χ3v) is 4.82. The minimum atomic E-state index is -3.10. The first kappa shape index (κ1) is 14.3. The highest BCUT2D eigenvalue weighted by molar-refractivity contribution is 7.90. The summed E-state index contributed by atoms with van der Waals surface area (Å²) in [6.07, 6.45) is 3.51. The molecule has 1 aromatic carbocycles. The van der Waals surface area contributed by atoms with E-state index in [0.29, 0.717) is 10.9 Å². The number of anilines is 1. The quantitative estimate of drug-likeness (QED) is 0.917. The summed E-state index contributed by atoms with van der Waals surface area (Å²) in [4.78, 5) is 2.82. The second-order valence-corrected chi connectivity index (χ2v) is 7.17. The topological polar surface area (TPSA) is 49.4 Å². The molecule has 2 rings (SSSR count). The van der Waals surface area contributed by atoms with E-state index >= 15 is 0 Å². The zero-order chi connectivity index (χ0) is 13.9. The maximum atomic E-state index is 11.4. The molecule has 0 atom stereocenters. The van der Waals surface area contributed by atoms with Crippen LogP contribution in [0.5, 0.6) is 0 Å². The van der Waals surface area contributed by atoms with E-state index in [0.717, 1.165) is 38.2 Å². The maximum absolute atomic E-state index is 11.4. The Morgan fingerprint density at radius 3 is 2.26 bits per heavy atom. The second-order valence-electron chi connectivity index (χ2n) is 5.15. The van der Waals surface area contributed by atoms with Crippen molar-refractivity contribution in [3.05, 3.63) is 24.3 Å². The number of hydrogen-bond donors (Lipinski definition) is 1. The van der Waals surface area contributed by atoms with Gasteiger partial charge >= 0.3 is 0 Å². The van der Waals surface area contributed by atoms with Crippen molar-refractivity contribution in [3.63, 3.8) is 0 Å². The van der Waals surface area contributed by atoms with E-state index in [9.17, 15) is 8.42 Å². The third-order valence-electron chi connectivity index (χ3n) is 3.69. The van der Waals surface area contributed by atoms with Gasteiger partial charge in [-0.3, -0.25) is 0 Å². The molecule has 1 N–H and O–H groups in total. The highest BCUT2D eigenvalue weighted by Gasteiger charge is 2.17. The van der Waals surface area contributed by atoms with Crippen molar-refractivity contribution in [1.82, 2.24) is 4.90 Å². The van der Waals surface area contributed by atoms with Gasteiger partial charge in [0, 0.05) is 31.1 Å². The Morgan fingerprint density at radius 2 is 1.79 bits per heavy atom. The summed E-state index contributed by atoms with van der Waals surface area (Å²) < 4.78 is 22.8. The standard InChI is InChI=1S/C14H22N2O2S/c1-3-16-10-8-13(9-11-16)15-12-4-6-14(7-5-12)19(2,17)18/h4-7,13,15H,3,8-11H2,1-2H3. The molecule has 4 nitrogen and oxygen atoms in total. The van der Waals surface area contributed by atoms with Crippen molar-refractivity contribution in [2.75, 3.05) is 31.2 Å². The summed E-state index contributed by atoms with van der Waals surface area (Å²) in [5, 5.41) is 3.48. The van der Waals surface area contributed by atoms with Gasteiger partial charge in [-0.1, -0.05) is 6.92 Å². The lowest BCUT2D eigenvalue weighted by molar-refractivity contribution is 0.229. The number of sulfone groups is 1. The van der Waals surface area contributed by atoms with E-state index in [-0.39, 0.29) is 0 Å². The Bertz CT molecular complexity index is 503. The van der Waals surface area contributed by atoms with Crippen LogP contribution in [0.2, 0.25) is 0 Å². The third kappa shape index (κ3) is 3.94. The molecule has 1 saturated heterocycles. The number of nitrogens with zero attached hydrogens (tertiary/aromatic N) is 1. The average Bonchev–Trinajstić information content (AvgIpc) is 2.39. The molecule has 0 unspecified atom stereocenters. The lowest BCUT2D eigenvalue weighted by Gasteiger charge is -2.32. The van der Waals surface area contributed by atoms with E-state index in [1.807, 2.05) is 12.1 Å². The van der Waals surface area contributed by atoms with Gasteiger partial charge in [-0.05, 0) is 43.7 Å². The summed E-state index contributed by atoms with van der Waals surface area (Å²) in [6, 6.07) is 7.52. The lowest BCUT2D eigenvalue weighted by atomic mass is 10.0. The zero-order valence-electron chi connectivity index (χ0n) is 11.6. The van der Waals surface area contributed by atoms with E-state index in [4.69, 9.17) is 0 Å². The molecular weight excluding hydrogens is 260 g/mol. The molecule has 0 aliphatic carbocycles. The zero-order valence-corrected chi connectivity index (χ0v) is 12.4. The number of nitrogens with one attached hydrogen (secondary N) is 1. The van der Waals surface area contributed by atoms with Crippen molar-refractivity contribution < 1.29 is 8.42 Å². The number of rotatable bonds is 4. The van der Waals surface area contributed by atoms with Crippen LogP contribution in [0.15, 0.2) is 29.2 Å². The molecule has 0 amide bonds. The lowest BCUT2D eigenvalue weighted by Crippen LogP contribution is -2.38. The first-order chi connectivity index (χ1) is 8.99. The van der Waals surface area contributed by atoms with E-state index in [1.54, 1.807) is 12.1 Å². The number of piperidine rings is 1. The molecule has 0 spiro atoms. The van der Waals surface area contributed by atoms with Crippen molar-refractivity contribution >= 4 is 15.5 Å². The van der Waals surface area contributed by atoms with Crippen molar-refractivity contribution in [2.24, 2.45) is 0 Å². The normalized spacial score (nSPS) is 18.4. The SMILES string of the molecule is CCN1CCC(Nc2ccc(S(C)(=O)=O)cc2)CC1. The fourth-order valence-corrected chi connectivity index (χ4v) is 3.06. The van der Waals surface area contributed by atoms with Crippen molar-refractivity contribution in [3.8, 4) is 0 Å². The van der Waals surface area contributed by atoms with Gasteiger partial charge in [0.15, 0.2) is 9.84 Å². The molecule has 19 heavy (non-hydrogen) atoms. The van der Waals surface area contributed by atoms with Gasteiger partial charge < -0.3 is 10.2 Å². The molecule has 0 saturated carbocycles. The van der Waals surface area contributed by atoms with Crippen LogP contribution in [0.25, 0.3) is 0 Å². The molecule has 1 aromatic rings. The second kappa shape index (κ2) is 5.92. The number of benzene rings is 1. The fourth-order valence-electron chi connectivity index (χ4n) is 2.43. The van der Waals surface area contributed by atoms with Gasteiger partial charge in [0.25, 0.3) is 0 Å². The van der Waals surface area contributed by atoms with Crippen molar-refractivity contribution in [1.29, 1.82) is 0 Å². The van der Waals surface area contributed by atoms with Crippen LogP contribution in [0.4, 0.5) is 5.69 Å². The number of hydrogen-bond acceptors (Lipinski definition) is 4. The highest BCUT2D eigenvalue weighted by atomic mass is 32.2. The molecule has 1 aliphatic heterocycles. The summed E-state index contributed by atoms with van der Waals surface area (Å²) in [6.45, 7) is 5.58. The van der Waals surface area contributed by atoms with E-state index < -0.39 is 9.84 Å². The van der Waals surface area contributed by atoms with E-state index in [2.05, 4.69) is 17.1 Å². The molecule has 0 radical (unpaired) electrons. The summed E-state index contributed by atoms with van der Waals surface area (Å²) in [7, 11) is -3.10. The van der Waals surface area contributed by atoms with Crippen LogP contribution in [0.3, 0.4) is 0 Å². The molecular formula is C14H22N2O2S. The molecule has 1 heterocycles. The largest absolute Gasteiger partial charge is 0.382 e. The molecule has 1 fully saturated rings. The molecule has 5 heteroatoms. The number of likely N-dealkylation sites (tertiary alicyclic amines) is 1. The summed E-state index contributed by atoms with van der Waals surface area (Å²) in [5.74, 6) is 0. The Morgan fingerprint density at radius 1 is 1.21 bits per heavy atom. The minimum absolute atomic E-state index is 0.374. The predicted octanol–water partition coefficient (Wildman–Crippen LogP) is 1.99. The Kier molecular flexibility index (Phi) is 4.47. The van der Waals surface area contributed by atoms with Crippen LogP contribution in [0, 0.1) is 0 Å². The fraction of sp³-hybridized carbons (Fsp3) is 0.571. The monoisotopic (exact) mass is 282 g/mol. The van der Waals surface area contributed by atoms with Gasteiger partial charge in [-0.15, -0.1) is 0 Å². The van der Waals surface area contributed by atoms with Crippen LogP contribution >= 0.6 is 0 Å². The molecule has 0 bridgehead atoms. The maximum Gasteiger partial charge on any atom is 0.175 e. The van der Waals surface area contributed by atoms with Gasteiger partial charge in [0.1, 0.15) is 0 Å².